The maximum Gasteiger partial charge on any atom is 0.0377 e. The fraction of sp³-hybridized carbons (Fsp3) is 0.765. The lowest BCUT2D eigenvalue weighted by atomic mass is 9.48. The molecule has 0 radical (unpaired) electrons. The molecule has 0 spiro atoms. The Labute approximate surface area is 106 Å². The average Bonchev–Trinajstić information content (AvgIpc) is 2.28. The van der Waals surface area contributed by atoms with Gasteiger partial charge in [-0.25, -0.2) is 0 Å². The second kappa shape index (κ2) is 4.20. The van der Waals surface area contributed by atoms with E-state index in [-0.39, 0.29) is 0 Å². The van der Waals surface area contributed by atoms with Crippen LogP contribution in [-0.2, 0) is 0 Å². The molecule has 0 aromatic carbocycles. The summed E-state index contributed by atoms with van der Waals surface area (Å²) in [6.07, 6.45) is 19.2. The number of hydrogen-bond acceptors (Lipinski definition) is 0. The zero-order valence-electron chi connectivity index (χ0n) is 10.8. The van der Waals surface area contributed by atoms with Crippen molar-refractivity contribution in [3.05, 3.63) is 12.7 Å². The van der Waals surface area contributed by atoms with E-state index in [9.17, 15) is 0 Å². The molecule has 4 aliphatic carbocycles. The lowest BCUT2D eigenvalue weighted by molar-refractivity contribution is -0.0587. The molecule has 0 N–H and O–H groups in total. The molecule has 0 aliphatic heterocycles. The third-order valence-electron chi connectivity index (χ3n) is 5.65. The fourth-order valence-corrected chi connectivity index (χ4v) is 5.33. The van der Waals surface area contributed by atoms with Crippen LogP contribution in [0.2, 0.25) is 0 Å². The van der Waals surface area contributed by atoms with Gasteiger partial charge in [0.15, 0.2) is 0 Å². The molecule has 0 heteroatoms. The first-order valence-electron chi connectivity index (χ1n) is 7.32. The highest BCUT2D eigenvalue weighted by Gasteiger charge is 2.50. The predicted molar refractivity (Wildman–Crippen MR) is 72.4 cm³/mol. The zero-order chi connectivity index (χ0) is 11.9. The topological polar surface area (TPSA) is 0 Å². The van der Waals surface area contributed by atoms with Crippen molar-refractivity contribution >= 4 is 0 Å². The van der Waals surface area contributed by atoms with E-state index in [0.717, 1.165) is 17.8 Å². The summed E-state index contributed by atoms with van der Waals surface area (Å²) in [6, 6.07) is 0. The van der Waals surface area contributed by atoms with E-state index >= 15 is 0 Å². The third kappa shape index (κ3) is 2.05. The van der Waals surface area contributed by atoms with E-state index in [1.807, 2.05) is 6.08 Å². The molecule has 0 nitrogen and oxygen atoms in total. The highest BCUT2D eigenvalue weighted by atomic mass is 14.5. The van der Waals surface area contributed by atoms with Crippen molar-refractivity contribution in [1.29, 1.82) is 0 Å². The van der Waals surface area contributed by atoms with Gasteiger partial charge in [-0.2, -0.15) is 0 Å². The lowest BCUT2D eigenvalue weighted by Crippen LogP contribution is -2.46. The van der Waals surface area contributed by atoms with Gasteiger partial charge in [-0.1, -0.05) is 12.0 Å². The number of rotatable bonds is 4. The Kier molecular flexibility index (Phi) is 2.81. The standard InChI is InChI=1S/C17H24/c1-3-13(4-2)5-6-17-10-14-7-15(11-17)9-16(8-14)12-17/h1,4,13-16H,2,5-12H2. The lowest BCUT2D eigenvalue weighted by Gasteiger charge is -2.57. The van der Waals surface area contributed by atoms with Crippen molar-refractivity contribution < 1.29 is 0 Å². The van der Waals surface area contributed by atoms with E-state index < -0.39 is 0 Å². The average molecular weight is 228 g/mol. The molecule has 0 aromatic heterocycles. The molecule has 4 rings (SSSR count). The van der Waals surface area contributed by atoms with Crippen LogP contribution in [0, 0.1) is 41.4 Å². The maximum atomic E-state index is 5.54. The van der Waals surface area contributed by atoms with Crippen molar-refractivity contribution in [2.24, 2.45) is 29.1 Å². The fourth-order valence-electron chi connectivity index (χ4n) is 5.33. The van der Waals surface area contributed by atoms with E-state index in [2.05, 4.69) is 12.5 Å². The van der Waals surface area contributed by atoms with Gasteiger partial charge in [0.05, 0.1) is 0 Å². The predicted octanol–water partition coefficient (Wildman–Crippen LogP) is 4.42. The zero-order valence-corrected chi connectivity index (χ0v) is 10.8. The van der Waals surface area contributed by atoms with Crippen LogP contribution in [0.15, 0.2) is 12.7 Å². The van der Waals surface area contributed by atoms with Crippen molar-refractivity contribution in [2.75, 3.05) is 0 Å². The highest BCUT2D eigenvalue weighted by molar-refractivity contribution is 5.05. The molecule has 4 saturated carbocycles. The van der Waals surface area contributed by atoms with Crippen LogP contribution in [0.5, 0.6) is 0 Å². The van der Waals surface area contributed by atoms with Crippen LogP contribution >= 0.6 is 0 Å². The molecule has 4 fully saturated rings. The molecule has 0 heterocycles. The van der Waals surface area contributed by atoms with E-state index in [1.54, 1.807) is 0 Å². The van der Waals surface area contributed by atoms with Gasteiger partial charge in [-0.05, 0) is 74.5 Å². The minimum Gasteiger partial charge on any atom is -0.119 e. The molecule has 4 aliphatic rings. The Balaban J connectivity index is 1.66. The first-order chi connectivity index (χ1) is 8.23. The molecule has 4 bridgehead atoms. The Bertz CT molecular complexity index is 308. The minimum atomic E-state index is 0.308. The second-order valence-electron chi connectivity index (χ2n) is 6.97. The summed E-state index contributed by atoms with van der Waals surface area (Å²) < 4.78 is 0. The normalized spacial score (nSPS) is 44.3. The van der Waals surface area contributed by atoms with Crippen LogP contribution in [0.1, 0.15) is 51.4 Å². The third-order valence-corrected chi connectivity index (χ3v) is 5.65. The summed E-state index contributed by atoms with van der Waals surface area (Å²) in [5.74, 6) is 6.37. The molecular formula is C17H24. The van der Waals surface area contributed by atoms with E-state index in [1.165, 1.54) is 51.4 Å². The van der Waals surface area contributed by atoms with Gasteiger partial charge in [0, 0.05) is 5.92 Å². The molecule has 92 valence electrons. The van der Waals surface area contributed by atoms with Gasteiger partial charge < -0.3 is 0 Å². The van der Waals surface area contributed by atoms with Gasteiger partial charge in [-0.3, -0.25) is 0 Å². The highest BCUT2D eigenvalue weighted by Crippen LogP contribution is 2.61. The van der Waals surface area contributed by atoms with Gasteiger partial charge in [0.2, 0.25) is 0 Å². The summed E-state index contributed by atoms with van der Waals surface area (Å²) >= 11 is 0. The number of allylic oxidation sites excluding steroid dienone is 1. The smallest absolute Gasteiger partial charge is 0.0377 e. The van der Waals surface area contributed by atoms with Gasteiger partial charge in [0.25, 0.3) is 0 Å². The SMILES string of the molecule is C#CC(C=C)CCC12CC3CC(CC(C3)C1)C2. The van der Waals surface area contributed by atoms with Crippen molar-refractivity contribution in [1.82, 2.24) is 0 Å². The Morgan fingerprint density at radius 2 is 1.71 bits per heavy atom. The quantitative estimate of drug-likeness (QED) is 0.493. The van der Waals surface area contributed by atoms with E-state index in [4.69, 9.17) is 6.42 Å². The largest absolute Gasteiger partial charge is 0.119 e. The molecule has 0 saturated heterocycles. The molecule has 17 heavy (non-hydrogen) atoms. The summed E-state index contributed by atoms with van der Waals surface area (Å²) in [5, 5.41) is 0. The van der Waals surface area contributed by atoms with Gasteiger partial charge in [-0.15, -0.1) is 13.0 Å². The molecule has 0 amide bonds. The van der Waals surface area contributed by atoms with Crippen molar-refractivity contribution in [2.45, 2.75) is 51.4 Å². The molecule has 1 unspecified atom stereocenters. The van der Waals surface area contributed by atoms with Gasteiger partial charge in [0.1, 0.15) is 0 Å². The molecular weight excluding hydrogens is 204 g/mol. The first-order valence-corrected chi connectivity index (χ1v) is 7.32. The summed E-state index contributed by atoms with van der Waals surface area (Å²) in [7, 11) is 0. The Hall–Kier alpha value is -0.700. The number of hydrogen-bond donors (Lipinski definition) is 0. The summed E-state index contributed by atoms with van der Waals surface area (Å²) in [6.45, 7) is 3.85. The van der Waals surface area contributed by atoms with Crippen LogP contribution in [-0.4, -0.2) is 0 Å². The van der Waals surface area contributed by atoms with Crippen molar-refractivity contribution in [3.8, 4) is 12.3 Å². The minimum absolute atomic E-state index is 0.308. The summed E-state index contributed by atoms with van der Waals surface area (Å²) in [4.78, 5) is 0. The van der Waals surface area contributed by atoms with Crippen LogP contribution in [0.3, 0.4) is 0 Å². The van der Waals surface area contributed by atoms with Crippen molar-refractivity contribution in [3.63, 3.8) is 0 Å². The summed E-state index contributed by atoms with van der Waals surface area (Å²) in [5.41, 5.74) is 0.687. The van der Waals surface area contributed by atoms with Crippen LogP contribution in [0.25, 0.3) is 0 Å². The number of terminal acetylenes is 1. The Morgan fingerprint density at radius 1 is 1.18 bits per heavy atom. The maximum absolute atomic E-state index is 5.54. The first kappa shape index (κ1) is 11.4. The van der Waals surface area contributed by atoms with E-state index in [0.29, 0.717) is 11.3 Å². The monoisotopic (exact) mass is 228 g/mol. The van der Waals surface area contributed by atoms with Crippen LogP contribution < -0.4 is 0 Å². The van der Waals surface area contributed by atoms with Gasteiger partial charge >= 0.3 is 0 Å². The molecule has 0 aromatic rings. The second-order valence-corrected chi connectivity index (χ2v) is 6.97. The Morgan fingerprint density at radius 3 is 2.12 bits per heavy atom. The molecule has 1 atom stereocenters. The van der Waals surface area contributed by atoms with Crippen LogP contribution in [0.4, 0.5) is 0 Å².